The van der Waals surface area contributed by atoms with Crippen LogP contribution < -0.4 is 4.74 Å². The summed E-state index contributed by atoms with van der Waals surface area (Å²) in [6, 6.07) is 18.9. The summed E-state index contributed by atoms with van der Waals surface area (Å²) in [6.45, 7) is -2.95. The molecule has 3 atom stereocenters. The van der Waals surface area contributed by atoms with E-state index in [1.54, 1.807) is 30.3 Å². The summed E-state index contributed by atoms with van der Waals surface area (Å²) in [7, 11) is -2.80. The predicted molar refractivity (Wildman–Crippen MR) is 121 cm³/mol. The molecule has 2 N–H and O–H groups in total. The van der Waals surface area contributed by atoms with E-state index in [4.69, 9.17) is 9.52 Å². The molecule has 1 aliphatic heterocycles. The number of hydrogen-bond acceptors (Lipinski definition) is 5. The summed E-state index contributed by atoms with van der Waals surface area (Å²) in [6.07, 6.45) is 0.847. The molecule has 0 bridgehead atoms. The number of para-hydroxylation sites is 1. The maximum atomic E-state index is 13.0. The fourth-order valence-corrected chi connectivity index (χ4v) is 5.06. The van der Waals surface area contributed by atoms with Crippen LogP contribution in [0.15, 0.2) is 71.6 Å². The van der Waals surface area contributed by atoms with Gasteiger partial charge < -0.3 is 14.4 Å². The van der Waals surface area contributed by atoms with E-state index >= 15 is 0 Å². The van der Waals surface area contributed by atoms with Crippen LogP contribution in [0.3, 0.4) is 0 Å². The van der Waals surface area contributed by atoms with Gasteiger partial charge >= 0.3 is 6.61 Å². The third-order valence-corrected chi connectivity index (χ3v) is 7.08. The van der Waals surface area contributed by atoms with Gasteiger partial charge in [0, 0.05) is 23.1 Å². The smallest absolute Gasteiger partial charge is 0.387 e. The van der Waals surface area contributed by atoms with E-state index in [-0.39, 0.29) is 5.75 Å². The van der Waals surface area contributed by atoms with Gasteiger partial charge in [0.1, 0.15) is 17.7 Å². The Bertz CT molecular complexity index is 1450. The van der Waals surface area contributed by atoms with Gasteiger partial charge in [-0.2, -0.15) is 8.78 Å². The van der Waals surface area contributed by atoms with Crippen molar-refractivity contribution >= 4 is 20.8 Å². The van der Waals surface area contributed by atoms with E-state index in [0.29, 0.717) is 28.2 Å². The summed E-state index contributed by atoms with van der Waals surface area (Å²) < 4.78 is 52.3. The quantitative estimate of drug-likeness (QED) is 0.412. The van der Waals surface area contributed by atoms with E-state index in [2.05, 4.69) is 4.98 Å². The van der Waals surface area contributed by atoms with Crippen molar-refractivity contribution in [1.82, 2.24) is 9.55 Å². The molecule has 33 heavy (non-hydrogen) atoms. The molecule has 0 saturated carbocycles. The van der Waals surface area contributed by atoms with Crippen molar-refractivity contribution in [3.8, 4) is 16.9 Å². The standard InChI is InChI=1S/C24H21F2N3O3S/c1-33(27,31)16-9-6-14(7-10-16)15-8-11-18-20(12-15)29-19(13-21(30)23(29)28-18)17-4-2-3-5-22(17)32-24(25)26/h2-12,19,21,24,27,30H,13H2,1H3/t19-,21-,33?/m1/s1. The number of aromatic nitrogens is 2. The molecule has 3 aromatic carbocycles. The first kappa shape index (κ1) is 21.5. The molecule has 1 unspecified atom stereocenters. The topological polar surface area (TPSA) is 88.2 Å². The van der Waals surface area contributed by atoms with E-state index < -0.39 is 28.5 Å². The van der Waals surface area contributed by atoms with Crippen molar-refractivity contribution in [2.75, 3.05) is 6.26 Å². The van der Waals surface area contributed by atoms with Crippen LogP contribution in [0.4, 0.5) is 8.78 Å². The fraction of sp³-hybridized carbons (Fsp3) is 0.208. The lowest BCUT2D eigenvalue weighted by molar-refractivity contribution is -0.0507. The minimum Gasteiger partial charge on any atom is -0.434 e. The highest BCUT2D eigenvalue weighted by Gasteiger charge is 2.35. The third-order valence-electron chi connectivity index (χ3n) is 5.90. The van der Waals surface area contributed by atoms with Gasteiger partial charge in [0.2, 0.25) is 0 Å². The molecule has 0 radical (unpaired) electrons. The van der Waals surface area contributed by atoms with Crippen molar-refractivity contribution in [1.29, 1.82) is 4.78 Å². The highest BCUT2D eigenvalue weighted by atomic mass is 32.2. The Balaban J connectivity index is 1.62. The summed E-state index contributed by atoms with van der Waals surface area (Å²) >= 11 is 0. The van der Waals surface area contributed by atoms with Gasteiger partial charge in [-0.25, -0.2) is 14.0 Å². The largest absolute Gasteiger partial charge is 0.434 e. The second-order valence-electron chi connectivity index (χ2n) is 8.10. The second kappa shape index (κ2) is 7.93. The SMILES string of the molecule is CS(=N)(=O)c1ccc(-c2ccc3nc4n(c3c2)[C@@H](c2ccccc2OC(F)F)C[C@H]4O)cc1. The van der Waals surface area contributed by atoms with Gasteiger partial charge in [-0.3, -0.25) is 0 Å². The molecule has 0 fully saturated rings. The molecule has 0 spiro atoms. The molecule has 0 saturated heterocycles. The van der Waals surface area contributed by atoms with Gasteiger partial charge in [0.25, 0.3) is 0 Å². The number of fused-ring (bicyclic) bond motifs is 3. The van der Waals surface area contributed by atoms with Crippen LogP contribution in [0.25, 0.3) is 22.2 Å². The number of aliphatic hydroxyl groups excluding tert-OH is 1. The van der Waals surface area contributed by atoms with Crippen LogP contribution in [0.2, 0.25) is 0 Å². The zero-order valence-electron chi connectivity index (χ0n) is 17.6. The maximum Gasteiger partial charge on any atom is 0.387 e. The maximum absolute atomic E-state index is 13.0. The molecule has 170 valence electrons. The number of benzene rings is 3. The first-order valence-electron chi connectivity index (χ1n) is 10.3. The Hall–Kier alpha value is -3.30. The zero-order chi connectivity index (χ0) is 23.3. The van der Waals surface area contributed by atoms with Crippen molar-refractivity contribution in [2.45, 2.75) is 30.1 Å². The lowest BCUT2D eigenvalue weighted by atomic mass is 10.0. The van der Waals surface area contributed by atoms with Crippen LogP contribution >= 0.6 is 0 Å². The van der Waals surface area contributed by atoms with E-state index in [9.17, 15) is 18.1 Å². The minimum absolute atomic E-state index is 0.0738. The molecule has 4 aromatic rings. The molecule has 6 nitrogen and oxygen atoms in total. The number of hydrogen-bond donors (Lipinski definition) is 2. The zero-order valence-corrected chi connectivity index (χ0v) is 18.4. The number of ether oxygens (including phenoxy) is 1. The Morgan fingerprint density at radius 3 is 2.52 bits per heavy atom. The average Bonchev–Trinajstić information content (AvgIpc) is 3.30. The molecule has 2 heterocycles. The minimum atomic E-state index is -2.95. The number of alkyl halides is 2. The average molecular weight is 470 g/mol. The number of nitrogens with one attached hydrogen (secondary N) is 1. The summed E-state index contributed by atoms with van der Waals surface area (Å²) in [5, 5.41) is 10.7. The number of nitrogens with zero attached hydrogens (tertiary/aromatic N) is 2. The monoisotopic (exact) mass is 469 g/mol. The van der Waals surface area contributed by atoms with Crippen molar-refractivity contribution < 1.29 is 22.8 Å². The molecule has 1 aromatic heterocycles. The van der Waals surface area contributed by atoms with Crippen molar-refractivity contribution in [3.05, 3.63) is 78.1 Å². The van der Waals surface area contributed by atoms with Gasteiger partial charge in [-0.1, -0.05) is 36.4 Å². The Morgan fingerprint density at radius 1 is 1.12 bits per heavy atom. The number of rotatable bonds is 5. The first-order valence-corrected chi connectivity index (χ1v) is 12.3. The summed E-state index contributed by atoms with van der Waals surface area (Å²) in [5.74, 6) is 0.555. The second-order valence-corrected chi connectivity index (χ2v) is 10.3. The highest BCUT2D eigenvalue weighted by Crippen LogP contribution is 2.44. The number of imidazole rings is 1. The van der Waals surface area contributed by atoms with Crippen molar-refractivity contribution in [3.63, 3.8) is 0 Å². The fourth-order valence-electron chi connectivity index (χ4n) is 4.41. The highest BCUT2D eigenvalue weighted by molar-refractivity contribution is 7.91. The number of halogens is 2. The number of aliphatic hydroxyl groups is 1. The van der Waals surface area contributed by atoms with Gasteiger partial charge in [0.05, 0.1) is 26.8 Å². The normalized spacial score (nSPS) is 19.5. The lowest BCUT2D eigenvalue weighted by Gasteiger charge is -2.19. The van der Waals surface area contributed by atoms with Crippen LogP contribution in [0.5, 0.6) is 5.75 Å². The molecule has 0 amide bonds. The van der Waals surface area contributed by atoms with Crippen LogP contribution in [-0.2, 0) is 9.73 Å². The molecule has 5 rings (SSSR count). The lowest BCUT2D eigenvalue weighted by Crippen LogP contribution is -2.10. The van der Waals surface area contributed by atoms with Crippen LogP contribution in [0, 0.1) is 4.78 Å². The molecular formula is C24H21F2N3O3S. The van der Waals surface area contributed by atoms with E-state index in [1.807, 2.05) is 34.9 Å². The summed E-state index contributed by atoms with van der Waals surface area (Å²) in [4.78, 5) is 5.04. The van der Waals surface area contributed by atoms with Crippen LogP contribution in [-0.4, -0.2) is 31.7 Å². The molecule has 9 heteroatoms. The van der Waals surface area contributed by atoms with Gasteiger partial charge in [0.15, 0.2) is 0 Å². The first-order chi connectivity index (χ1) is 15.7. The Labute approximate surface area is 189 Å². The van der Waals surface area contributed by atoms with Crippen molar-refractivity contribution in [2.24, 2.45) is 0 Å². The van der Waals surface area contributed by atoms with Crippen LogP contribution in [0.1, 0.15) is 30.0 Å². The molecule has 1 aliphatic rings. The van der Waals surface area contributed by atoms with Gasteiger partial charge in [-0.05, 0) is 41.5 Å². The Morgan fingerprint density at radius 2 is 1.82 bits per heavy atom. The summed E-state index contributed by atoms with van der Waals surface area (Å²) in [5.41, 5.74) is 3.75. The van der Waals surface area contributed by atoms with E-state index in [0.717, 1.165) is 16.6 Å². The third kappa shape index (κ3) is 3.87. The Kier molecular flexibility index (Phi) is 5.18. The predicted octanol–water partition coefficient (Wildman–Crippen LogP) is 5.37. The molecule has 0 aliphatic carbocycles. The molecular weight excluding hydrogens is 448 g/mol. The van der Waals surface area contributed by atoms with E-state index in [1.165, 1.54) is 12.3 Å². The van der Waals surface area contributed by atoms with Gasteiger partial charge in [-0.15, -0.1) is 0 Å².